The molecule has 1 aromatic rings. The zero-order valence-electron chi connectivity index (χ0n) is 11.1. The van der Waals surface area contributed by atoms with E-state index in [4.69, 9.17) is 0 Å². The van der Waals surface area contributed by atoms with Crippen LogP contribution in [0.15, 0.2) is 18.2 Å². The molecule has 1 atom stereocenters. The summed E-state index contributed by atoms with van der Waals surface area (Å²) in [6, 6.07) is 6.50. The maximum absolute atomic E-state index is 12.2. The average Bonchev–Trinajstić information content (AvgIpc) is 2.38. The van der Waals surface area contributed by atoms with Crippen molar-refractivity contribution >= 4 is 5.78 Å². The zero-order valence-corrected chi connectivity index (χ0v) is 11.1. The van der Waals surface area contributed by atoms with E-state index in [0.717, 1.165) is 31.2 Å². The van der Waals surface area contributed by atoms with E-state index in [0.29, 0.717) is 17.6 Å². The second-order valence-corrected chi connectivity index (χ2v) is 5.86. The first-order valence-corrected chi connectivity index (χ1v) is 6.71. The number of Topliss-reactive ketones (excluding diaryl/α,β-unsaturated/α-hetero) is 1. The van der Waals surface area contributed by atoms with Gasteiger partial charge in [0, 0.05) is 12.0 Å². The van der Waals surface area contributed by atoms with Crippen LogP contribution in [-0.2, 0) is 12.8 Å². The van der Waals surface area contributed by atoms with Crippen molar-refractivity contribution in [1.82, 2.24) is 0 Å². The van der Waals surface area contributed by atoms with Crippen molar-refractivity contribution in [3.63, 3.8) is 0 Å². The van der Waals surface area contributed by atoms with Crippen molar-refractivity contribution in [2.24, 2.45) is 11.8 Å². The minimum absolute atomic E-state index is 0.343. The Morgan fingerprint density at radius 1 is 1.35 bits per heavy atom. The van der Waals surface area contributed by atoms with Crippen LogP contribution in [0.1, 0.15) is 55.1 Å². The smallest absolute Gasteiger partial charge is 0.163 e. The highest BCUT2D eigenvalue weighted by molar-refractivity contribution is 5.98. The van der Waals surface area contributed by atoms with Crippen LogP contribution < -0.4 is 0 Å². The minimum Gasteiger partial charge on any atom is -0.294 e. The van der Waals surface area contributed by atoms with Gasteiger partial charge in [0.05, 0.1) is 0 Å². The van der Waals surface area contributed by atoms with Gasteiger partial charge in [-0.25, -0.2) is 0 Å². The molecule has 0 fully saturated rings. The maximum atomic E-state index is 12.2. The van der Waals surface area contributed by atoms with Gasteiger partial charge in [-0.15, -0.1) is 0 Å². The standard InChI is InChI=1S/C16H22O/c1-11(2)8-13-5-7-14-6-4-12(3)9-16(17)15(14)10-13/h5,7,10-12H,4,6,8-9H2,1-3H3. The molecule has 1 aliphatic rings. The topological polar surface area (TPSA) is 17.1 Å². The van der Waals surface area contributed by atoms with E-state index in [1.54, 1.807) is 0 Å². The predicted molar refractivity (Wildman–Crippen MR) is 71.4 cm³/mol. The molecule has 0 N–H and O–H groups in total. The van der Waals surface area contributed by atoms with Gasteiger partial charge < -0.3 is 0 Å². The van der Waals surface area contributed by atoms with Gasteiger partial charge >= 0.3 is 0 Å². The first kappa shape index (κ1) is 12.3. The monoisotopic (exact) mass is 230 g/mol. The molecule has 0 saturated carbocycles. The molecule has 1 aliphatic carbocycles. The van der Waals surface area contributed by atoms with E-state index in [9.17, 15) is 4.79 Å². The fourth-order valence-corrected chi connectivity index (χ4v) is 2.63. The van der Waals surface area contributed by atoms with E-state index in [2.05, 4.69) is 39.0 Å². The Hall–Kier alpha value is -1.11. The number of hydrogen-bond acceptors (Lipinski definition) is 1. The number of fused-ring (bicyclic) bond motifs is 1. The van der Waals surface area contributed by atoms with Crippen LogP contribution in [0.4, 0.5) is 0 Å². The van der Waals surface area contributed by atoms with E-state index >= 15 is 0 Å². The van der Waals surface area contributed by atoms with Crippen molar-refractivity contribution in [3.8, 4) is 0 Å². The Labute approximate surface area is 104 Å². The van der Waals surface area contributed by atoms with Gasteiger partial charge in [0.2, 0.25) is 0 Å². The highest BCUT2D eigenvalue weighted by atomic mass is 16.1. The summed E-state index contributed by atoms with van der Waals surface area (Å²) in [6.07, 6.45) is 3.99. The summed E-state index contributed by atoms with van der Waals surface area (Å²) in [4.78, 5) is 12.2. The van der Waals surface area contributed by atoms with Crippen molar-refractivity contribution in [1.29, 1.82) is 0 Å². The van der Waals surface area contributed by atoms with Gasteiger partial charge in [-0.1, -0.05) is 32.9 Å². The normalized spacial score (nSPS) is 20.2. The SMILES string of the molecule is CC(C)Cc1ccc2c(c1)C(=O)CC(C)CC2. The molecule has 0 heterocycles. The third-order valence-electron chi connectivity index (χ3n) is 3.56. The first-order chi connectivity index (χ1) is 8.06. The molecule has 17 heavy (non-hydrogen) atoms. The van der Waals surface area contributed by atoms with Gasteiger partial charge in [0.1, 0.15) is 0 Å². The molecular weight excluding hydrogens is 208 g/mol. The first-order valence-electron chi connectivity index (χ1n) is 6.71. The highest BCUT2D eigenvalue weighted by Crippen LogP contribution is 2.25. The molecule has 92 valence electrons. The summed E-state index contributed by atoms with van der Waals surface area (Å²) in [5.74, 6) is 1.52. The summed E-state index contributed by atoms with van der Waals surface area (Å²) in [7, 11) is 0. The van der Waals surface area contributed by atoms with Crippen LogP contribution in [0.25, 0.3) is 0 Å². The van der Waals surface area contributed by atoms with Crippen LogP contribution in [0.3, 0.4) is 0 Å². The summed E-state index contributed by atoms with van der Waals surface area (Å²) in [5.41, 5.74) is 3.56. The van der Waals surface area contributed by atoms with Gasteiger partial charge in [-0.3, -0.25) is 4.79 Å². The van der Waals surface area contributed by atoms with Crippen LogP contribution >= 0.6 is 0 Å². The Morgan fingerprint density at radius 3 is 2.82 bits per heavy atom. The van der Waals surface area contributed by atoms with Crippen LogP contribution in [0.5, 0.6) is 0 Å². The molecule has 0 saturated heterocycles. The Morgan fingerprint density at radius 2 is 2.12 bits per heavy atom. The number of ketones is 1. The molecule has 0 radical (unpaired) electrons. The molecule has 0 spiro atoms. The summed E-state index contributed by atoms with van der Waals surface area (Å²) < 4.78 is 0. The number of hydrogen-bond donors (Lipinski definition) is 0. The maximum Gasteiger partial charge on any atom is 0.163 e. The number of carbonyl (C=O) groups is 1. The van der Waals surface area contributed by atoms with Crippen molar-refractivity contribution in [2.45, 2.75) is 46.5 Å². The number of aryl methyl sites for hydroxylation is 1. The quantitative estimate of drug-likeness (QED) is 0.701. The lowest BCUT2D eigenvalue weighted by atomic mass is 9.95. The van der Waals surface area contributed by atoms with E-state index < -0.39 is 0 Å². The lowest BCUT2D eigenvalue weighted by Gasteiger charge is -2.09. The second-order valence-electron chi connectivity index (χ2n) is 5.86. The lowest BCUT2D eigenvalue weighted by molar-refractivity contribution is 0.0967. The lowest BCUT2D eigenvalue weighted by Crippen LogP contribution is -2.05. The van der Waals surface area contributed by atoms with Crippen molar-refractivity contribution in [3.05, 3.63) is 34.9 Å². The van der Waals surface area contributed by atoms with Gasteiger partial charge in [-0.2, -0.15) is 0 Å². The van der Waals surface area contributed by atoms with E-state index in [1.807, 2.05) is 0 Å². The molecule has 0 bridgehead atoms. The summed E-state index contributed by atoms with van der Waals surface area (Å²) in [6.45, 7) is 6.62. The summed E-state index contributed by atoms with van der Waals surface area (Å²) >= 11 is 0. The molecule has 1 aromatic carbocycles. The Balaban J connectivity index is 2.31. The van der Waals surface area contributed by atoms with Gasteiger partial charge in [-0.05, 0) is 48.3 Å². The molecule has 0 amide bonds. The molecule has 1 heteroatoms. The summed E-state index contributed by atoms with van der Waals surface area (Å²) in [5, 5.41) is 0. The fourth-order valence-electron chi connectivity index (χ4n) is 2.63. The fraction of sp³-hybridized carbons (Fsp3) is 0.562. The second kappa shape index (κ2) is 5.03. The molecule has 1 nitrogen and oxygen atoms in total. The van der Waals surface area contributed by atoms with Gasteiger partial charge in [0.25, 0.3) is 0 Å². The molecule has 1 unspecified atom stereocenters. The number of rotatable bonds is 2. The average molecular weight is 230 g/mol. The number of benzene rings is 1. The van der Waals surface area contributed by atoms with E-state index in [1.165, 1.54) is 11.1 Å². The predicted octanol–water partition coefficient (Wildman–Crippen LogP) is 4.04. The molecule has 0 aliphatic heterocycles. The van der Waals surface area contributed by atoms with Gasteiger partial charge in [0.15, 0.2) is 5.78 Å². The van der Waals surface area contributed by atoms with Crippen LogP contribution in [-0.4, -0.2) is 5.78 Å². The minimum atomic E-state index is 0.343. The largest absolute Gasteiger partial charge is 0.294 e. The third kappa shape index (κ3) is 2.96. The highest BCUT2D eigenvalue weighted by Gasteiger charge is 2.20. The van der Waals surface area contributed by atoms with Crippen molar-refractivity contribution < 1.29 is 4.79 Å². The Bertz CT molecular complexity index is 418. The molecule has 2 rings (SSSR count). The van der Waals surface area contributed by atoms with E-state index in [-0.39, 0.29) is 0 Å². The zero-order chi connectivity index (χ0) is 12.4. The van der Waals surface area contributed by atoms with Crippen molar-refractivity contribution in [2.75, 3.05) is 0 Å². The molecule has 0 aromatic heterocycles. The third-order valence-corrected chi connectivity index (χ3v) is 3.56. The van der Waals surface area contributed by atoms with Crippen LogP contribution in [0, 0.1) is 11.8 Å². The molecular formula is C16H22O. The Kier molecular flexibility index (Phi) is 3.66. The van der Waals surface area contributed by atoms with Crippen LogP contribution in [0.2, 0.25) is 0 Å². The number of carbonyl (C=O) groups excluding carboxylic acids is 1.